The van der Waals surface area contributed by atoms with Crippen molar-refractivity contribution >= 4 is 25.1 Å². The zero-order valence-corrected chi connectivity index (χ0v) is 19.3. The van der Waals surface area contributed by atoms with Gasteiger partial charge in [0.05, 0.1) is 12.7 Å². The van der Waals surface area contributed by atoms with Crippen LogP contribution in [0.5, 0.6) is 0 Å². The van der Waals surface area contributed by atoms with E-state index in [1.807, 2.05) is 13.8 Å². The van der Waals surface area contributed by atoms with Crippen molar-refractivity contribution in [1.29, 1.82) is 0 Å². The predicted octanol–water partition coefficient (Wildman–Crippen LogP) is 6.80. The second-order valence-electron chi connectivity index (χ2n) is 8.92. The summed E-state index contributed by atoms with van der Waals surface area (Å²) in [6, 6.07) is 14.9. The normalized spacial score (nSPS) is 14.2. The molecule has 4 heteroatoms. The van der Waals surface area contributed by atoms with Gasteiger partial charge >= 0.3 is 5.97 Å². The number of fused-ring (bicyclic) bond motifs is 1. The van der Waals surface area contributed by atoms with Crippen LogP contribution in [0.25, 0.3) is 10.8 Å². The van der Waals surface area contributed by atoms with Crippen LogP contribution in [-0.2, 0) is 14.0 Å². The predicted molar refractivity (Wildman–Crippen MR) is 120 cm³/mol. The van der Waals surface area contributed by atoms with Crippen molar-refractivity contribution < 1.29 is 14.0 Å². The molecule has 2 aromatic carbocycles. The van der Waals surface area contributed by atoms with E-state index in [0.29, 0.717) is 13.0 Å². The molecule has 2 rings (SSSR count). The highest BCUT2D eigenvalue weighted by Crippen LogP contribution is 2.41. The van der Waals surface area contributed by atoms with Crippen LogP contribution < -0.4 is 0 Å². The maximum absolute atomic E-state index is 11.9. The Morgan fingerprint density at radius 3 is 2.36 bits per heavy atom. The van der Waals surface area contributed by atoms with Crippen LogP contribution in [0.15, 0.2) is 54.1 Å². The summed E-state index contributed by atoms with van der Waals surface area (Å²) in [6.45, 7) is 15.5. The SMILES string of the molecule is CCOC(=O)/C=C(\C)C[C@@H](O[Si](C)(C)C(C)(C)C)c1ccc2ccccc2c1. The van der Waals surface area contributed by atoms with Crippen LogP contribution in [0, 0.1) is 0 Å². The summed E-state index contributed by atoms with van der Waals surface area (Å²) in [5.41, 5.74) is 2.12. The van der Waals surface area contributed by atoms with E-state index in [1.54, 1.807) is 6.08 Å². The highest BCUT2D eigenvalue weighted by molar-refractivity contribution is 6.74. The average molecular weight is 399 g/mol. The highest BCUT2D eigenvalue weighted by atomic mass is 28.4. The van der Waals surface area contributed by atoms with Crippen LogP contribution in [0.3, 0.4) is 0 Å². The summed E-state index contributed by atoms with van der Waals surface area (Å²) >= 11 is 0. The first-order valence-electron chi connectivity index (χ1n) is 10.0. The lowest BCUT2D eigenvalue weighted by Crippen LogP contribution is -2.41. The summed E-state index contributed by atoms with van der Waals surface area (Å²) in [6.07, 6.45) is 2.17. The van der Waals surface area contributed by atoms with Gasteiger partial charge in [-0.05, 0) is 60.8 Å². The van der Waals surface area contributed by atoms with Gasteiger partial charge in [0.15, 0.2) is 8.32 Å². The first kappa shape index (κ1) is 22.4. The molecule has 152 valence electrons. The molecule has 0 fully saturated rings. The van der Waals surface area contributed by atoms with Crippen LogP contribution in [0.2, 0.25) is 18.1 Å². The summed E-state index contributed by atoms with van der Waals surface area (Å²) < 4.78 is 11.9. The number of hydrogen-bond donors (Lipinski definition) is 0. The molecule has 0 saturated heterocycles. The Hall–Kier alpha value is -1.91. The Bertz CT molecular complexity index is 846. The molecular weight excluding hydrogens is 364 g/mol. The standard InChI is InChI=1S/C24H34O3Si/c1-8-26-23(25)16-18(2)15-22(27-28(6,7)24(3,4)5)21-14-13-19-11-9-10-12-20(19)17-21/h9-14,16-17,22H,8,15H2,1-7H3/b18-16+/t22-/m1/s1. The van der Waals surface area contributed by atoms with Gasteiger partial charge in [-0.25, -0.2) is 4.79 Å². The third-order valence-corrected chi connectivity index (χ3v) is 10.0. The van der Waals surface area contributed by atoms with E-state index in [9.17, 15) is 4.79 Å². The molecule has 0 aliphatic carbocycles. The van der Waals surface area contributed by atoms with E-state index in [-0.39, 0.29) is 17.1 Å². The van der Waals surface area contributed by atoms with Gasteiger partial charge in [-0.15, -0.1) is 0 Å². The maximum atomic E-state index is 11.9. The molecule has 0 heterocycles. The third-order valence-electron chi connectivity index (χ3n) is 5.55. The monoisotopic (exact) mass is 398 g/mol. The fourth-order valence-electron chi connectivity index (χ4n) is 2.90. The largest absolute Gasteiger partial charge is 0.463 e. The molecular formula is C24H34O3Si. The van der Waals surface area contributed by atoms with E-state index in [0.717, 1.165) is 11.1 Å². The van der Waals surface area contributed by atoms with Gasteiger partial charge in [0.2, 0.25) is 0 Å². The van der Waals surface area contributed by atoms with Crippen molar-refractivity contribution in [3.05, 3.63) is 59.7 Å². The molecule has 0 saturated carbocycles. The Kier molecular flexibility index (Phi) is 7.24. The molecule has 0 aromatic heterocycles. The van der Waals surface area contributed by atoms with E-state index < -0.39 is 8.32 Å². The highest BCUT2D eigenvalue weighted by Gasteiger charge is 2.39. The number of carbonyl (C=O) groups is 1. The molecule has 0 N–H and O–H groups in total. The smallest absolute Gasteiger partial charge is 0.330 e. The first-order chi connectivity index (χ1) is 13.0. The fraction of sp³-hybridized carbons (Fsp3) is 0.458. The number of rotatable bonds is 7. The number of benzene rings is 2. The van der Waals surface area contributed by atoms with E-state index in [2.05, 4.69) is 76.3 Å². The van der Waals surface area contributed by atoms with Crippen LogP contribution in [0.4, 0.5) is 0 Å². The lowest BCUT2D eigenvalue weighted by molar-refractivity contribution is -0.137. The zero-order chi connectivity index (χ0) is 20.9. The van der Waals surface area contributed by atoms with Gasteiger partial charge in [0.25, 0.3) is 0 Å². The summed E-state index contributed by atoms with van der Waals surface area (Å²) in [4.78, 5) is 11.9. The average Bonchev–Trinajstić information content (AvgIpc) is 2.59. The van der Waals surface area contributed by atoms with Gasteiger partial charge in [-0.3, -0.25) is 0 Å². The van der Waals surface area contributed by atoms with Crippen molar-refractivity contribution in [1.82, 2.24) is 0 Å². The number of carbonyl (C=O) groups excluding carboxylic acids is 1. The first-order valence-corrected chi connectivity index (χ1v) is 12.9. The fourth-order valence-corrected chi connectivity index (χ4v) is 4.19. The number of ether oxygens (including phenoxy) is 1. The number of esters is 1. The molecule has 3 nitrogen and oxygen atoms in total. The number of hydrogen-bond acceptors (Lipinski definition) is 3. The molecule has 1 atom stereocenters. The molecule has 0 aliphatic rings. The minimum atomic E-state index is -1.98. The van der Waals surface area contributed by atoms with Crippen molar-refractivity contribution in [3.8, 4) is 0 Å². The lowest BCUT2D eigenvalue weighted by Gasteiger charge is -2.39. The molecule has 2 aromatic rings. The van der Waals surface area contributed by atoms with Crippen molar-refractivity contribution in [2.24, 2.45) is 0 Å². The van der Waals surface area contributed by atoms with Crippen molar-refractivity contribution in [2.45, 2.75) is 65.3 Å². The molecule has 0 radical (unpaired) electrons. The van der Waals surface area contributed by atoms with Gasteiger partial charge in [0.1, 0.15) is 0 Å². The molecule has 0 spiro atoms. The second-order valence-corrected chi connectivity index (χ2v) is 13.7. The second kappa shape index (κ2) is 9.06. The summed E-state index contributed by atoms with van der Waals surface area (Å²) in [5.74, 6) is -0.287. The van der Waals surface area contributed by atoms with E-state index in [4.69, 9.17) is 9.16 Å². The molecule has 0 bridgehead atoms. The summed E-state index contributed by atoms with van der Waals surface area (Å²) in [7, 11) is -1.98. The Balaban J connectivity index is 2.38. The van der Waals surface area contributed by atoms with E-state index in [1.165, 1.54) is 10.8 Å². The minimum Gasteiger partial charge on any atom is -0.463 e. The van der Waals surface area contributed by atoms with Gasteiger partial charge < -0.3 is 9.16 Å². The molecule has 0 amide bonds. The van der Waals surface area contributed by atoms with Crippen molar-refractivity contribution in [2.75, 3.05) is 6.61 Å². The summed E-state index contributed by atoms with van der Waals surface area (Å²) in [5, 5.41) is 2.54. The van der Waals surface area contributed by atoms with Gasteiger partial charge in [-0.2, -0.15) is 0 Å². The Labute approximate surface area is 170 Å². The minimum absolute atomic E-state index is 0.0869. The van der Waals surface area contributed by atoms with Crippen LogP contribution in [-0.4, -0.2) is 20.9 Å². The van der Waals surface area contributed by atoms with E-state index >= 15 is 0 Å². The topological polar surface area (TPSA) is 35.5 Å². The maximum Gasteiger partial charge on any atom is 0.330 e. The van der Waals surface area contributed by atoms with Gasteiger partial charge in [0, 0.05) is 6.08 Å². The lowest BCUT2D eigenvalue weighted by atomic mass is 9.99. The zero-order valence-electron chi connectivity index (χ0n) is 18.3. The Morgan fingerprint density at radius 2 is 1.75 bits per heavy atom. The quantitative estimate of drug-likeness (QED) is 0.292. The van der Waals surface area contributed by atoms with Gasteiger partial charge in [-0.1, -0.05) is 62.7 Å². The molecule has 0 aliphatic heterocycles. The van der Waals surface area contributed by atoms with Crippen molar-refractivity contribution in [3.63, 3.8) is 0 Å². The molecule has 28 heavy (non-hydrogen) atoms. The molecule has 0 unspecified atom stereocenters. The van der Waals surface area contributed by atoms with Crippen LogP contribution in [0.1, 0.15) is 52.7 Å². The van der Waals surface area contributed by atoms with Crippen LogP contribution >= 0.6 is 0 Å². The third kappa shape index (κ3) is 5.79. The Morgan fingerprint density at radius 1 is 1.11 bits per heavy atom.